The number of rotatable bonds is 7. The van der Waals surface area contributed by atoms with Gasteiger partial charge < -0.3 is 13.7 Å². The fourth-order valence-electron chi connectivity index (χ4n) is 8.26. The Morgan fingerprint density at radius 2 is 0.754 bits per heavy atom. The van der Waals surface area contributed by atoms with Crippen LogP contribution in [0.3, 0.4) is 0 Å². The second-order valence-electron chi connectivity index (χ2n) is 14.5. The molecule has 0 aliphatic rings. The Hall–Kier alpha value is -7.62. The molecule has 2 aromatic heterocycles. The van der Waals surface area contributed by atoms with Crippen molar-refractivity contribution >= 4 is 60.9 Å². The van der Waals surface area contributed by atoms with Gasteiger partial charge in [-0.05, 0) is 106 Å². The van der Waals surface area contributed by atoms with Gasteiger partial charge in [0.2, 0.25) is 0 Å². The van der Waals surface area contributed by atoms with Crippen molar-refractivity contribution in [3.05, 3.63) is 212 Å². The Bertz CT molecular complexity index is 3150. The highest BCUT2D eigenvalue weighted by atomic mass is 16.3. The zero-order valence-electron chi connectivity index (χ0n) is 31.0. The van der Waals surface area contributed by atoms with Crippen LogP contribution in [0.15, 0.2) is 221 Å². The van der Waals surface area contributed by atoms with Crippen molar-refractivity contribution in [3.63, 3.8) is 0 Å². The van der Waals surface area contributed by atoms with Gasteiger partial charge in [0.15, 0.2) is 0 Å². The number of furan rings is 2. The van der Waals surface area contributed by atoms with E-state index in [2.05, 4.69) is 193 Å². The maximum atomic E-state index is 6.44. The summed E-state index contributed by atoms with van der Waals surface area (Å²) < 4.78 is 12.6. The van der Waals surface area contributed by atoms with Crippen LogP contribution < -0.4 is 4.90 Å². The standard InChI is InChI=1S/C54H35NO2/c1-3-12-36(13-4-1)41-32-42(37-14-5-2-6-15-37)34-45(33-41)55(43-27-22-38(23-28-43)40-26-31-53-50(35-40)48-17-8-9-20-51(48)56-53)44-29-24-39(25-30-44)46-18-11-19-49-47-16-7-10-21-52(47)57-54(46)49/h1-35H. The third-order valence-corrected chi connectivity index (χ3v) is 11.1. The second kappa shape index (κ2) is 13.6. The van der Waals surface area contributed by atoms with Gasteiger partial charge in [0.05, 0.1) is 0 Å². The highest BCUT2D eigenvalue weighted by Gasteiger charge is 2.18. The summed E-state index contributed by atoms with van der Waals surface area (Å²) in [5, 5.41) is 4.51. The SMILES string of the molecule is c1ccc(-c2cc(-c3ccccc3)cc(N(c3ccc(-c4ccc5oc6ccccc6c5c4)cc3)c3ccc(-c4cccc5c4oc4ccccc45)cc3)c2)cc1. The van der Waals surface area contributed by atoms with E-state index in [4.69, 9.17) is 8.83 Å². The number of nitrogens with zero attached hydrogens (tertiary/aromatic N) is 1. The fourth-order valence-corrected chi connectivity index (χ4v) is 8.26. The van der Waals surface area contributed by atoms with E-state index in [1.54, 1.807) is 0 Å². The van der Waals surface area contributed by atoms with Gasteiger partial charge in [-0.2, -0.15) is 0 Å². The van der Waals surface area contributed by atoms with E-state index in [1.807, 2.05) is 24.3 Å². The van der Waals surface area contributed by atoms with Gasteiger partial charge in [-0.3, -0.25) is 0 Å². The average Bonchev–Trinajstić information content (AvgIpc) is 3.86. The summed E-state index contributed by atoms with van der Waals surface area (Å²) in [6.07, 6.45) is 0. The van der Waals surface area contributed by atoms with Gasteiger partial charge in [0.25, 0.3) is 0 Å². The van der Waals surface area contributed by atoms with Crippen LogP contribution in [-0.2, 0) is 0 Å². The Kier molecular flexibility index (Phi) is 7.82. The van der Waals surface area contributed by atoms with E-state index in [1.165, 1.54) is 11.1 Å². The molecule has 0 N–H and O–H groups in total. The molecule has 2 heterocycles. The van der Waals surface area contributed by atoms with Crippen molar-refractivity contribution in [2.45, 2.75) is 0 Å². The molecule has 11 aromatic rings. The highest BCUT2D eigenvalue weighted by Crippen LogP contribution is 2.42. The molecule has 0 saturated carbocycles. The third kappa shape index (κ3) is 5.85. The first-order valence-corrected chi connectivity index (χ1v) is 19.3. The Morgan fingerprint density at radius 3 is 1.40 bits per heavy atom. The Morgan fingerprint density at radius 1 is 0.263 bits per heavy atom. The van der Waals surface area contributed by atoms with Crippen molar-refractivity contribution in [1.29, 1.82) is 0 Å². The summed E-state index contributed by atoms with van der Waals surface area (Å²) in [5.74, 6) is 0. The summed E-state index contributed by atoms with van der Waals surface area (Å²) in [4.78, 5) is 2.36. The molecule has 11 rings (SSSR count). The van der Waals surface area contributed by atoms with Gasteiger partial charge in [0.1, 0.15) is 22.3 Å². The molecule has 3 nitrogen and oxygen atoms in total. The molecule has 0 spiro atoms. The molecule has 0 fully saturated rings. The highest BCUT2D eigenvalue weighted by molar-refractivity contribution is 6.10. The number of fused-ring (bicyclic) bond motifs is 6. The zero-order valence-corrected chi connectivity index (χ0v) is 31.0. The predicted octanol–water partition coefficient (Wildman–Crippen LogP) is 15.6. The summed E-state index contributed by atoms with van der Waals surface area (Å²) >= 11 is 0. The third-order valence-electron chi connectivity index (χ3n) is 11.1. The first-order valence-electron chi connectivity index (χ1n) is 19.3. The number of hydrogen-bond donors (Lipinski definition) is 0. The van der Waals surface area contributed by atoms with Crippen molar-refractivity contribution in [2.24, 2.45) is 0 Å². The van der Waals surface area contributed by atoms with Crippen LogP contribution in [0.1, 0.15) is 0 Å². The normalized spacial score (nSPS) is 11.5. The van der Waals surface area contributed by atoms with Crippen LogP contribution in [0.25, 0.3) is 88.4 Å². The van der Waals surface area contributed by atoms with E-state index in [0.29, 0.717) is 0 Å². The lowest BCUT2D eigenvalue weighted by Crippen LogP contribution is -2.10. The summed E-state index contributed by atoms with van der Waals surface area (Å²) in [7, 11) is 0. The fraction of sp³-hybridized carbons (Fsp3) is 0. The number of anilines is 3. The molecular formula is C54H35NO2. The van der Waals surface area contributed by atoms with Crippen LogP contribution in [0.5, 0.6) is 0 Å². The van der Waals surface area contributed by atoms with E-state index in [9.17, 15) is 0 Å². The summed E-state index contributed by atoms with van der Waals surface area (Å²) in [6.45, 7) is 0. The quantitative estimate of drug-likeness (QED) is 0.164. The van der Waals surface area contributed by atoms with Gasteiger partial charge >= 0.3 is 0 Å². The molecule has 0 unspecified atom stereocenters. The minimum Gasteiger partial charge on any atom is -0.456 e. The van der Waals surface area contributed by atoms with Crippen molar-refractivity contribution < 1.29 is 8.83 Å². The lowest BCUT2D eigenvalue weighted by Gasteiger charge is -2.27. The maximum Gasteiger partial charge on any atom is 0.143 e. The molecule has 57 heavy (non-hydrogen) atoms. The predicted molar refractivity (Wildman–Crippen MR) is 237 cm³/mol. The maximum absolute atomic E-state index is 6.44. The molecule has 0 radical (unpaired) electrons. The number of hydrogen-bond acceptors (Lipinski definition) is 3. The first-order chi connectivity index (χ1) is 28.2. The van der Waals surface area contributed by atoms with Crippen LogP contribution in [0.4, 0.5) is 17.1 Å². The Balaban J connectivity index is 1.05. The van der Waals surface area contributed by atoms with Gasteiger partial charge in [-0.15, -0.1) is 0 Å². The molecule has 268 valence electrons. The summed E-state index contributed by atoms with van der Waals surface area (Å²) in [6, 6.07) is 75.3. The molecule has 0 atom stereocenters. The van der Waals surface area contributed by atoms with Crippen LogP contribution in [0.2, 0.25) is 0 Å². The zero-order chi connectivity index (χ0) is 37.7. The van der Waals surface area contributed by atoms with Crippen molar-refractivity contribution in [2.75, 3.05) is 4.90 Å². The lowest BCUT2D eigenvalue weighted by atomic mass is 9.97. The first kappa shape index (κ1) is 32.8. The van der Waals surface area contributed by atoms with Crippen LogP contribution in [0, 0.1) is 0 Å². The van der Waals surface area contributed by atoms with Gasteiger partial charge in [-0.25, -0.2) is 0 Å². The van der Waals surface area contributed by atoms with Gasteiger partial charge in [-0.1, -0.05) is 146 Å². The van der Waals surface area contributed by atoms with Crippen LogP contribution in [-0.4, -0.2) is 0 Å². The average molecular weight is 730 g/mol. The van der Waals surface area contributed by atoms with Crippen LogP contribution >= 0.6 is 0 Å². The summed E-state index contributed by atoms with van der Waals surface area (Å²) in [5.41, 5.74) is 15.9. The minimum absolute atomic E-state index is 0.898. The molecule has 9 aromatic carbocycles. The minimum atomic E-state index is 0.898. The van der Waals surface area contributed by atoms with E-state index in [-0.39, 0.29) is 0 Å². The Labute approximate surface area is 330 Å². The topological polar surface area (TPSA) is 29.5 Å². The molecule has 0 aliphatic carbocycles. The van der Waals surface area contributed by atoms with E-state index in [0.717, 1.165) is 94.3 Å². The largest absolute Gasteiger partial charge is 0.456 e. The number of para-hydroxylation sites is 3. The second-order valence-corrected chi connectivity index (χ2v) is 14.5. The molecule has 0 saturated heterocycles. The van der Waals surface area contributed by atoms with Crippen molar-refractivity contribution in [1.82, 2.24) is 0 Å². The molecule has 0 amide bonds. The van der Waals surface area contributed by atoms with Gasteiger partial charge in [0, 0.05) is 44.2 Å². The molecule has 3 heteroatoms. The van der Waals surface area contributed by atoms with Crippen molar-refractivity contribution in [3.8, 4) is 44.5 Å². The van der Waals surface area contributed by atoms with E-state index >= 15 is 0 Å². The molecule has 0 bridgehead atoms. The number of benzene rings is 9. The lowest BCUT2D eigenvalue weighted by molar-refractivity contribution is 0.669. The smallest absolute Gasteiger partial charge is 0.143 e. The molecule has 0 aliphatic heterocycles. The van der Waals surface area contributed by atoms with E-state index < -0.39 is 0 Å². The monoisotopic (exact) mass is 729 g/mol. The molecular weight excluding hydrogens is 695 g/mol.